The standard InChI is InChI=1S/C20H23N3O4/c1-22-19(25)23(18(24)20(22)10-4-3-5-11-20)13-16-12-17(21-27-16)14-6-8-15(26-2)9-7-14/h6-9,12H,3-5,10-11,13H2,1-2H3. The van der Waals surface area contributed by atoms with E-state index in [9.17, 15) is 9.59 Å². The summed E-state index contributed by atoms with van der Waals surface area (Å²) in [6.45, 7) is 0.104. The molecule has 27 heavy (non-hydrogen) atoms. The van der Waals surface area contributed by atoms with Gasteiger partial charge in [-0.1, -0.05) is 24.4 Å². The predicted octanol–water partition coefficient (Wildman–Crippen LogP) is 3.45. The Morgan fingerprint density at radius 1 is 1.15 bits per heavy atom. The fourth-order valence-electron chi connectivity index (χ4n) is 4.11. The quantitative estimate of drug-likeness (QED) is 0.772. The Kier molecular flexibility index (Phi) is 4.37. The highest BCUT2D eigenvalue weighted by molar-refractivity contribution is 6.06. The van der Waals surface area contributed by atoms with E-state index in [1.165, 1.54) is 4.90 Å². The largest absolute Gasteiger partial charge is 0.497 e. The fourth-order valence-corrected chi connectivity index (χ4v) is 4.11. The van der Waals surface area contributed by atoms with Gasteiger partial charge in [0.05, 0.1) is 13.7 Å². The van der Waals surface area contributed by atoms with Gasteiger partial charge in [-0.25, -0.2) is 4.79 Å². The number of imide groups is 1. The Hall–Kier alpha value is -2.83. The molecule has 7 nitrogen and oxygen atoms in total. The molecule has 0 atom stereocenters. The highest BCUT2D eigenvalue weighted by Crippen LogP contribution is 2.40. The number of hydrogen-bond acceptors (Lipinski definition) is 5. The molecule has 4 rings (SSSR count). The van der Waals surface area contributed by atoms with Gasteiger partial charge in [-0.05, 0) is 37.1 Å². The monoisotopic (exact) mass is 369 g/mol. The number of benzene rings is 1. The Morgan fingerprint density at radius 3 is 2.52 bits per heavy atom. The lowest BCUT2D eigenvalue weighted by Crippen LogP contribution is -2.49. The first-order valence-corrected chi connectivity index (χ1v) is 9.25. The number of amides is 3. The molecule has 0 unspecified atom stereocenters. The van der Waals surface area contributed by atoms with E-state index in [1.54, 1.807) is 25.1 Å². The minimum Gasteiger partial charge on any atom is -0.497 e. The molecule has 142 valence electrons. The number of rotatable bonds is 4. The second kappa shape index (κ2) is 6.72. The molecule has 2 aliphatic rings. The molecule has 1 saturated carbocycles. The first-order valence-electron chi connectivity index (χ1n) is 9.25. The van der Waals surface area contributed by atoms with Gasteiger partial charge in [-0.15, -0.1) is 0 Å². The number of hydrogen-bond donors (Lipinski definition) is 0. The van der Waals surface area contributed by atoms with Crippen molar-refractivity contribution in [2.24, 2.45) is 0 Å². The van der Waals surface area contributed by atoms with Gasteiger partial charge in [-0.3, -0.25) is 9.69 Å². The molecular formula is C20H23N3O4. The molecule has 1 spiro atoms. The van der Waals surface area contributed by atoms with E-state index in [0.717, 1.165) is 43.4 Å². The molecule has 1 aliphatic heterocycles. The fraction of sp³-hybridized carbons (Fsp3) is 0.450. The zero-order valence-electron chi connectivity index (χ0n) is 15.6. The molecule has 0 bridgehead atoms. The molecule has 1 aromatic heterocycles. The lowest BCUT2D eigenvalue weighted by Gasteiger charge is -2.35. The van der Waals surface area contributed by atoms with Crippen LogP contribution in [0.3, 0.4) is 0 Å². The van der Waals surface area contributed by atoms with Crippen molar-refractivity contribution in [2.75, 3.05) is 14.2 Å². The summed E-state index contributed by atoms with van der Waals surface area (Å²) in [5.74, 6) is 1.14. The first-order chi connectivity index (χ1) is 13.0. The zero-order chi connectivity index (χ0) is 19.0. The van der Waals surface area contributed by atoms with E-state index in [2.05, 4.69) is 5.16 Å². The van der Waals surface area contributed by atoms with E-state index >= 15 is 0 Å². The van der Waals surface area contributed by atoms with Crippen molar-refractivity contribution in [3.63, 3.8) is 0 Å². The van der Waals surface area contributed by atoms with Gasteiger partial charge in [0.1, 0.15) is 17.0 Å². The first kappa shape index (κ1) is 17.6. The van der Waals surface area contributed by atoms with Crippen LogP contribution in [0.25, 0.3) is 11.3 Å². The molecule has 1 aliphatic carbocycles. The van der Waals surface area contributed by atoms with Crippen molar-refractivity contribution in [3.8, 4) is 17.0 Å². The smallest absolute Gasteiger partial charge is 0.327 e. The van der Waals surface area contributed by atoms with Crippen molar-refractivity contribution in [1.82, 2.24) is 15.0 Å². The van der Waals surface area contributed by atoms with Gasteiger partial charge in [-0.2, -0.15) is 0 Å². The van der Waals surface area contributed by atoms with Crippen molar-refractivity contribution < 1.29 is 18.8 Å². The zero-order valence-corrected chi connectivity index (χ0v) is 15.6. The van der Waals surface area contributed by atoms with Gasteiger partial charge in [0.25, 0.3) is 5.91 Å². The van der Waals surface area contributed by atoms with Crippen LogP contribution in [0, 0.1) is 0 Å². The van der Waals surface area contributed by atoms with Crippen molar-refractivity contribution >= 4 is 11.9 Å². The van der Waals surface area contributed by atoms with E-state index in [4.69, 9.17) is 9.26 Å². The van der Waals surface area contributed by atoms with Crippen LogP contribution in [0.1, 0.15) is 37.9 Å². The number of carbonyl (C=O) groups is 2. The summed E-state index contributed by atoms with van der Waals surface area (Å²) >= 11 is 0. The van der Waals surface area contributed by atoms with Gasteiger partial charge >= 0.3 is 6.03 Å². The maximum Gasteiger partial charge on any atom is 0.327 e. The third kappa shape index (κ3) is 2.87. The molecule has 7 heteroatoms. The normalized spacial score (nSPS) is 19.2. The second-order valence-electron chi connectivity index (χ2n) is 7.23. The summed E-state index contributed by atoms with van der Waals surface area (Å²) in [6.07, 6.45) is 4.53. The van der Waals surface area contributed by atoms with Crippen molar-refractivity contribution in [1.29, 1.82) is 0 Å². The van der Waals surface area contributed by atoms with Gasteiger partial charge in [0, 0.05) is 18.7 Å². The molecule has 3 amide bonds. The van der Waals surface area contributed by atoms with Crippen LogP contribution in [-0.4, -0.2) is 46.6 Å². The summed E-state index contributed by atoms with van der Waals surface area (Å²) in [7, 11) is 3.35. The highest BCUT2D eigenvalue weighted by atomic mass is 16.5. The van der Waals surface area contributed by atoms with Gasteiger partial charge < -0.3 is 14.2 Å². The summed E-state index contributed by atoms with van der Waals surface area (Å²) in [5, 5.41) is 4.08. The molecule has 2 aromatic rings. The van der Waals surface area contributed by atoms with Crippen LogP contribution >= 0.6 is 0 Å². The van der Waals surface area contributed by atoms with E-state index in [0.29, 0.717) is 11.5 Å². The number of likely N-dealkylation sites (N-methyl/N-ethyl adjacent to an activating group) is 1. The SMILES string of the molecule is COc1ccc(-c2cc(CN3C(=O)N(C)C4(CCCCC4)C3=O)on2)cc1. The molecule has 2 fully saturated rings. The number of nitrogens with zero attached hydrogens (tertiary/aromatic N) is 3. The molecule has 1 aromatic carbocycles. The van der Waals surface area contributed by atoms with Crippen LogP contribution in [0.2, 0.25) is 0 Å². The Morgan fingerprint density at radius 2 is 1.85 bits per heavy atom. The van der Waals surface area contributed by atoms with E-state index < -0.39 is 5.54 Å². The minimum atomic E-state index is -0.672. The third-order valence-electron chi connectivity index (χ3n) is 5.74. The summed E-state index contributed by atoms with van der Waals surface area (Å²) < 4.78 is 10.6. The summed E-state index contributed by atoms with van der Waals surface area (Å²) in [5.41, 5.74) is 0.868. The molecule has 0 radical (unpaired) electrons. The summed E-state index contributed by atoms with van der Waals surface area (Å²) in [4.78, 5) is 28.7. The van der Waals surface area contributed by atoms with Gasteiger partial charge in [0.2, 0.25) is 0 Å². The van der Waals surface area contributed by atoms with E-state index in [1.807, 2.05) is 24.3 Å². The number of ether oxygens (including phenoxy) is 1. The lowest BCUT2D eigenvalue weighted by molar-refractivity contribution is -0.135. The Balaban J connectivity index is 1.53. The molecule has 1 saturated heterocycles. The van der Waals surface area contributed by atoms with E-state index in [-0.39, 0.29) is 18.5 Å². The minimum absolute atomic E-state index is 0.104. The highest BCUT2D eigenvalue weighted by Gasteiger charge is 2.55. The second-order valence-corrected chi connectivity index (χ2v) is 7.23. The van der Waals surface area contributed by atoms with Crippen molar-refractivity contribution in [2.45, 2.75) is 44.2 Å². The topological polar surface area (TPSA) is 75.9 Å². The third-order valence-corrected chi connectivity index (χ3v) is 5.74. The van der Waals surface area contributed by atoms with Crippen molar-refractivity contribution in [3.05, 3.63) is 36.1 Å². The van der Waals surface area contributed by atoms with Crippen LogP contribution < -0.4 is 4.74 Å². The Labute approximate surface area is 157 Å². The average molecular weight is 369 g/mol. The van der Waals surface area contributed by atoms with Crippen LogP contribution in [0.4, 0.5) is 4.79 Å². The molecular weight excluding hydrogens is 346 g/mol. The Bertz CT molecular complexity index is 852. The van der Waals surface area contributed by atoms with Crippen LogP contribution in [0.15, 0.2) is 34.9 Å². The molecule has 2 heterocycles. The van der Waals surface area contributed by atoms with Crippen LogP contribution in [0.5, 0.6) is 5.75 Å². The maximum atomic E-state index is 13.0. The average Bonchev–Trinajstić information content (AvgIpc) is 3.24. The summed E-state index contributed by atoms with van der Waals surface area (Å²) in [6, 6.07) is 8.98. The lowest BCUT2D eigenvalue weighted by atomic mass is 9.81. The van der Waals surface area contributed by atoms with Gasteiger partial charge in [0.15, 0.2) is 5.76 Å². The number of urea groups is 1. The maximum absolute atomic E-state index is 13.0. The van der Waals surface area contributed by atoms with Crippen LogP contribution in [-0.2, 0) is 11.3 Å². The predicted molar refractivity (Wildman–Crippen MR) is 98.0 cm³/mol. The molecule has 0 N–H and O–H groups in total. The number of methoxy groups -OCH3 is 1. The number of carbonyl (C=O) groups excluding carboxylic acids is 2. The number of aromatic nitrogens is 1.